The van der Waals surface area contributed by atoms with Gasteiger partial charge < -0.3 is 10.1 Å². The molecule has 21 heavy (non-hydrogen) atoms. The summed E-state index contributed by atoms with van der Waals surface area (Å²) in [6.07, 6.45) is 0. The number of anilines is 2. The van der Waals surface area contributed by atoms with E-state index in [-0.39, 0.29) is 16.9 Å². The van der Waals surface area contributed by atoms with Gasteiger partial charge >= 0.3 is 0 Å². The Balaban J connectivity index is 2.38. The molecule has 0 aliphatic heterocycles. The number of hydrogen-bond acceptors (Lipinski definition) is 5. The Labute approximate surface area is 119 Å². The summed E-state index contributed by atoms with van der Waals surface area (Å²) in [7, 11) is 1.45. The molecule has 6 nitrogen and oxygen atoms in total. The van der Waals surface area contributed by atoms with Gasteiger partial charge in [-0.05, 0) is 24.3 Å². The van der Waals surface area contributed by atoms with Crippen molar-refractivity contribution in [1.82, 2.24) is 0 Å². The van der Waals surface area contributed by atoms with Crippen molar-refractivity contribution in [3.63, 3.8) is 0 Å². The first kappa shape index (κ1) is 14.3. The van der Waals surface area contributed by atoms with E-state index in [1.165, 1.54) is 43.5 Å². The number of rotatable bonds is 4. The van der Waals surface area contributed by atoms with Gasteiger partial charge in [0, 0.05) is 17.8 Å². The molecule has 2 aromatic carbocycles. The van der Waals surface area contributed by atoms with Crippen LogP contribution in [0.25, 0.3) is 0 Å². The minimum absolute atomic E-state index is 0.0586. The summed E-state index contributed by atoms with van der Waals surface area (Å²) < 4.78 is 18.7. The van der Waals surface area contributed by atoms with E-state index in [4.69, 9.17) is 10.00 Å². The Morgan fingerprint density at radius 2 is 2.10 bits per heavy atom. The highest BCUT2D eigenvalue weighted by atomic mass is 19.1. The molecule has 106 valence electrons. The Bertz CT molecular complexity index is 741. The molecular formula is C14H10FN3O3. The van der Waals surface area contributed by atoms with Crippen LogP contribution < -0.4 is 10.1 Å². The maximum atomic E-state index is 13.7. The van der Waals surface area contributed by atoms with Gasteiger partial charge in [-0.25, -0.2) is 4.39 Å². The van der Waals surface area contributed by atoms with Crippen molar-refractivity contribution in [2.45, 2.75) is 0 Å². The first-order valence-electron chi connectivity index (χ1n) is 5.84. The van der Waals surface area contributed by atoms with Crippen LogP contribution in [0.1, 0.15) is 5.56 Å². The minimum Gasteiger partial charge on any atom is -0.497 e. The molecule has 0 aromatic heterocycles. The van der Waals surface area contributed by atoms with E-state index in [1.807, 2.05) is 0 Å². The van der Waals surface area contributed by atoms with Crippen LogP contribution in [-0.2, 0) is 0 Å². The lowest BCUT2D eigenvalue weighted by atomic mass is 10.1. The molecule has 0 aliphatic carbocycles. The van der Waals surface area contributed by atoms with Crippen molar-refractivity contribution >= 4 is 17.1 Å². The fourth-order valence-corrected chi connectivity index (χ4v) is 1.74. The molecule has 0 fully saturated rings. The second-order valence-electron chi connectivity index (χ2n) is 4.07. The number of nitrogens with zero attached hydrogens (tertiary/aromatic N) is 2. The fourth-order valence-electron chi connectivity index (χ4n) is 1.74. The third kappa shape index (κ3) is 3.06. The molecule has 0 saturated heterocycles. The van der Waals surface area contributed by atoms with E-state index in [2.05, 4.69) is 5.32 Å². The summed E-state index contributed by atoms with van der Waals surface area (Å²) in [5, 5.41) is 22.4. The van der Waals surface area contributed by atoms with Crippen LogP contribution in [0.3, 0.4) is 0 Å². The van der Waals surface area contributed by atoms with E-state index >= 15 is 0 Å². The largest absolute Gasteiger partial charge is 0.497 e. The highest BCUT2D eigenvalue weighted by molar-refractivity contribution is 5.66. The molecule has 1 N–H and O–H groups in total. The average molecular weight is 287 g/mol. The lowest BCUT2D eigenvalue weighted by molar-refractivity contribution is -0.385. The lowest BCUT2D eigenvalue weighted by Crippen LogP contribution is -1.98. The number of benzene rings is 2. The van der Waals surface area contributed by atoms with Crippen LogP contribution in [0, 0.1) is 27.3 Å². The Morgan fingerprint density at radius 3 is 2.71 bits per heavy atom. The zero-order valence-electron chi connectivity index (χ0n) is 11.0. The predicted octanol–water partition coefficient (Wildman–Crippen LogP) is 3.36. The molecule has 0 spiro atoms. The third-order valence-corrected chi connectivity index (χ3v) is 2.77. The molecule has 0 unspecified atom stereocenters. The van der Waals surface area contributed by atoms with Gasteiger partial charge in [0.1, 0.15) is 23.2 Å². The number of nitro groups is 1. The van der Waals surface area contributed by atoms with Crippen LogP contribution in [-0.4, -0.2) is 12.0 Å². The molecule has 0 aliphatic rings. The summed E-state index contributed by atoms with van der Waals surface area (Å²) in [5.74, 6) is -0.0788. The molecule has 0 bridgehead atoms. The number of ether oxygens (including phenoxy) is 1. The normalized spacial score (nSPS) is 9.76. The summed E-state index contributed by atoms with van der Waals surface area (Å²) in [4.78, 5) is 10.2. The van der Waals surface area contributed by atoms with Gasteiger partial charge in [0.05, 0.1) is 17.7 Å². The quantitative estimate of drug-likeness (QED) is 0.688. The standard InChI is InChI=1S/C14H10FN3O3/c1-21-11-4-5-12(15)13(7-11)17-10-3-2-9(8-16)14(6-10)18(19)20/h2-7,17H,1H3. The van der Waals surface area contributed by atoms with E-state index in [0.29, 0.717) is 11.4 Å². The monoisotopic (exact) mass is 287 g/mol. The number of nitro benzene ring substituents is 1. The van der Waals surface area contributed by atoms with Crippen molar-refractivity contribution in [2.75, 3.05) is 12.4 Å². The first-order valence-corrected chi connectivity index (χ1v) is 5.84. The first-order chi connectivity index (χ1) is 10.0. The average Bonchev–Trinajstić information content (AvgIpc) is 2.49. The summed E-state index contributed by atoms with van der Waals surface area (Å²) >= 11 is 0. The van der Waals surface area contributed by atoms with Crippen LogP contribution in [0.4, 0.5) is 21.5 Å². The second kappa shape index (κ2) is 5.88. The molecule has 2 aromatic rings. The summed E-state index contributed by atoms with van der Waals surface area (Å²) in [6, 6.07) is 9.79. The van der Waals surface area contributed by atoms with E-state index in [0.717, 1.165) is 0 Å². The van der Waals surface area contributed by atoms with Crippen LogP contribution in [0.15, 0.2) is 36.4 Å². The van der Waals surface area contributed by atoms with Crippen molar-refractivity contribution in [3.05, 3.63) is 57.9 Å². The maximum Gasteiger partial charge on any atom is 0.289 e. The van der Waals surface area contributed by atoms with E-state index in [1.54, 1.807) is 6.07 Å². The SMILES string of the molecule is COc1ccc(F)c(Nc2ccc(C#N)c([N+](=O)[O-])c2)c1. The smallest absolute Gasteiger partial charge is 0.289 e. The molecule has 0 heterocycles. The van der Waals surface area contributed by atoms with Crippen LogP contribution >= 0.6 is 0 Å². The van der Waals surface area contributed by atoms with E-state index in [9.17, 15) is 14.5 Å². The lowest BCUT2D eigenvalue weighted by Gasteiger charge is -2.09. The number of halogens is 1. The van der Waals surface area contributed by atoms with Gasteiger partial charge in [-0.15, -0.1) is 0 Å². The summed E-state index contributed by atoms with van der Waals surface area (Å²) in [5.41, 5.74) is 0.0173. The maximum absolute atomic E-state index is 13.7. The zero-order chi connectivity index (χ0) is 15.4. The molecule has 0 atom stereocenters. The number of nitrogens with one attached hydrogen (secondary N) is 1. The highest BCUT2D eigenvalue weighted by Crippen LogP contribution is 2.28. The van der Waals surface area contributed by atoms with Gasteiger partial charge in [-0.2, -0.15) is 5.26 Å². The van der Waals surface area contributed by atoms with Gasteiger partial charge in [-0.1, -0.05) is 0 Å². The Morgan fingerprint density at radius 1 is 1.33 bits per heavy atom. The van der Waals surface area contributed by atoms with Crippen LogP contribution in [0.2, 0.25) is 0 Å². The third-order valence-electron chi connectivity index (χ3n) is 2.77. The zero-order valence-corrected chi connectivity index (χ0v) is 11.0. The highest BCUT2D eigenvalue weighted by Gasteiger charge is 2.15. The molecule has 7 heteroatoms. The van der Waals surface area contributed by atoms with Crippen molar-refractivity contribution in [1.29, 1.82) is 5.26 Å². The number of nitriles is 1. The molecule has 2 rings (SSSR count). The van der Waals surface area contributed by atoms with Crippen molar-refractivity contribution in [2.24, 2.45) is 0 Å². The van der Waals surface area contributed by atoms with Gasteiger partial charge in [0.2, 0.25) is 0 Å². The summed E-state index contributed by atoms with van der Waals surface area (Å²) in [6.45, 7) is 0. The van der Waals surface area contributed by atoms with Gasteiger partial charge in [0.25, 0.3) is 5.69 Å². The van der Waals surface area contributed by atoms with E-state index < -0.39 is 10.7 Å². The molecular weight excluding hydrogens is 277 g/mol. The molecule has 0 saturated carbocycles. The molecule has 0 radical (unpaired) electrons. The van der Waals surface area contributed by atoms with Crippen molar-refractivity contribution < 1.29 is 14.1 Å². The van der Waals surface area contributed by atoms with Crippen LogP contribution in [0.5, 0.6) is 5.75 Å². The predicted molar refractivity (Wildman–Crippen MR) is 74.0 cm³/mol. The number of hydrogen-bond donors (Lipinski definition) is 1. The topological polar surface area (TPSA) is 88.2 Å². The Hall–Kier alpha value is -3.14. The minimum atomic E-state index is -0.661. The molecule has 0 amide bonds. The fraction of sp³-hybridized carbons (Fsp3) is 0.0714. The van der Waals surface area contributed by atoms with Crippen molar-refractivity contribution in [3.8, 4) is 11.8 Å². The Kier molecular flexibility index (Phi) is 4.00. The van der Waals surface area contributed by atoms with Gasteiger partial charge in [-0.3, -0.25) is 10.1 Å². The second-order valence-corrected chi connectivity index (χ2v) is 4.07. The number of methoxy groups -OCH3 is 1. The van der Waals surface area contributed by atoms with Gasteiger partial charge in [0.15, 0.2) is 0 Å².